The molecule has 1 heterocycles. The number of hydrogen-bond acceptors (Lipinski definition) is 3. The van der Waals surface area contributed by atoms with Crippen molar-refractivity contribution in [2.24, 2.45) is 5.92 Å². The lowest BCUT2D eigenvalue weighted by atomic mass is 10.1. The van der Waals surface area contributed by atoms with Gasteiger partial charge in [0.05, 0.1) is 5.88 Å². The van der Waals surface area contributed by atoms with Crippen LogP contribution in [0.15, 0.2) is 10.3 Å². The number of halogens is 1. The highest BCUT2D eigenvalue weighted by Crippen LogP contribution is 2.30. The first-order valence-electron chi connectivity index (χ1n) is 6.33. The average molecular weight is 324 g/mol. The fourth-order valence-corrected chi connectivity index (χ4v) is 5.33. The van der Waals surface area contributed by atoms with Crippen molar-refractivity contribution < 1.29 is 8.42 Å². The summed E-state index contributed by atoms with van der Waals surface area (Å²) in [5, 5.41) is 0. The highest BCUT2D eigenvalue weighted by molar-refractivity contribution is 7.91. The van der Waals surface area contributed by atoms with E-state index < -0.39 is 10.0 Å². The first-order chi connectivity index (χ1) is 8.70. The van der Waals surface area contributed by atoms with Crippen LogP contribution in [0.25, 0.3) is 0 Å². The van der Waals surface area contributed by atoms with E-state index in [9.17, 15) is 8.42 Å². The highest BCUT2D eigenvalue weighted by Gasteiger charge is 2.27. The zero-order valence-corrected chi connectivity index (χ0v) is 14.5. The summed E-state index contributed by atoms with van der Waals surface area (Å²) in [6.07, 6.45) is 0.850. The molecule has 1 unspecified atom stereocenters. The molecule has 110 valence electrons. The van der Waals surface area contributed by atoms with Gasteiger partial charge in [0.15, 0.2) is 0 Å². The van der Waals surface area contributed by atoms with Crippen LogP contribution in [-0.2, 0) is 15.9 Å². The Kier molecular flexibility index (Phi) is 5.86. The first kappa shape index (κ1) is 17.0. The predicted molar refractivity (Wildman–Crippen MR) is 82.5 cm³/mol. The molecule has 0 N–H and O–H groups in total. The standard InChI is InChI=1S/C13H22ClNO2S2/c1-9(2)6-11(4)15(5)19(16,17)13-7-10(3)12(8-14)18-13/h7,9,11H,6,8H2,1-5H3. The zero-order chi connectivity index (χ0) is 14.8. The van der Waals surface area contributed by atoms with Crippen LogP contribution < -0.4 is 0 Å². The highest BCUT2D eigenvalue weighted by atomic mass is 35.5. The van der Waals surface area contributed by atoms with Crippen LogP contribution in [0.5, 0.6) is 0 Å². The maximum absolute atomic E-state index is 12.5. The maximum atomic E-state index is 12.5. The minimum absolute atomic E-state index is 0.00754. The molecule has 0 saturated heterocycles. The summed E-state index contributed by atoms with van der Waals surface area (Å²) in [6.45, 7) is 8.03. The summed E-state index contributed by atoms with van der Waals surface area (Å²) in [4.78, 5) is 0.921. The van der Waals surface area contributed by atoms with E-state index in [0.717, 1.165) is 16.9 Å². The van der Waals surface area contributed by atoms with Gasteiger partial charge in [0, 0.05) is 18.0 Å². The molecule has 0 fully saturated rings. The van der Waals surface area contributed by atoms with E-state index in [1.54, 1.807) is 13.1 Å². The fourth-order valence-electron chi connectivity index (χ4n) is 1.96. The topological polar surface area (TPSA) is 37.4 Å². The van der Waals surface area contributed by atoms with Crippen LogP contribution in [0, 0.1) is 12.8 Å². The van der Waals surface area contributed by atoms with Crippen molar-refractivity contribution in [1.82, 2.24) is 4.31 Å². The molecule has 0 aliphatic heterocycles. The molecule has 0 aliphatic carbocycles. The van der Waals surface area contributed by atoms with E-state index in [2.05, 4.69) is 13.8 Å². The van der Waals surface area contributed by atoms with Crippen molar-refractivity contribution in [3.63, 3.8) is 0 Å². The van der Waals surface area contributed by atoms with Gasteiger partial charge in [0.2, 0.25) is 0 Å². The third-order valence-corrected chi connectivity index (χ3v) is 7.27. The first-order valence-corrected chi connectivity index (χ1v) is 9.12. The van der Waals surface area contributed by atoms with Crippen molar-refractivity contribution in [2.45, 2.75) is 50.2 Å². The smallest absolute Gasteiger partial charge is 0.206 e. The average Bonchev–Trinajstić information content (AvgIpc) is 2.69. The molecule has 1 rings (SSSR count). The normalized spacial score (nSPS) is 14.3. The van der Waals surface area contributed by atoms with E-state index in [4.69, 9.17) is 11.6 Å². The number of aryl methyl sites for hydroxylation is 1. The molecule has 1 aromatic heterocycles. The Labute approximate surface area is 125 Å². The number of thiophene rings is 1. The van der Waals surface area contributed by atoms with Gasteiger partial charge in [-0.2, -0.15) is 4.31 Å². The van der Waals surface area contributed by atoms with E-state index in [1.807, 2.05) is 13.8 Å². The van der Waals surface area contributed by atoms with Crippen molar-refractivity contribution >= 4 is 33.0 Å². The Balaban J connectivity index is 3.02. The predicted octanol–water partition coefficient (Wildman–Crippen LogP) is 3.85. The van der Waals surface area contributed by atoms with Crippen LogP contribution in [0.1, 0.15) is 37.6 Å². The molecule has 0 spiro atoms. The molecule has 19 heavy (non-hydrogen) atoms. The third-order valence-electron chi connectivity index (χ3n) is 3.19. The van der Waals surface area contributed by atoms with E-state index in [0.29, 0.717) is 16.0 Å². The minimum atomic E-state index is -3.40. The summed E-state index contributed by atoms with van der Waals surface area (Å²) in [5.74, 6) is 0.827. The summed E-state index contributed by atoms with van der Waals surface area (Å²) in [6, 6.07) is 1.71. The molecule has 0 radical (unpaired) electrons. The van der Waals surface area contributed by atoms with Gasteiger partial charge in [-0.05, 0) is 37.8 Å². The Bertz CT molecular complexity index is 523. The SMILES string of the molecule is Cc1cc(S(=O)(=O)N(C)C(C)CC(C)C)sc1CCl. The molecule has 1 atom stereocenters. The Morgan fingerprint density at radius 3 is 2.37 bits per heavy atom. The summed E-state index contributed by atoms with van der Waals surface area (Å²) in [5.41, 5.74) is 0.948. The number of alkyl halides is 1. The van der Waals surface area contributed by atoms with Crippen LogP contribution in [0.4, 0.5) is 0 Å². The van der Waals surface area contributed by atoms with Gasteiger partial charge in [-0.15, -0.1) is 22.9 Å². The molecule has 3 nitrogen and oxygen atoms in total. The van der Waals surface area contributed by atoms with Gasteiger partial charge < -0.3 is 0 Å². The Morgan fingerprint density at radius 1 is 1.37 bits per heavy atom. The molecule has 0 saturated carbocycles. The summed E-state index contributed by atoms with van der Waals surface area (Å²) < 4.78 is 26.9. The van der Waals surface area contributed by atoms with Crippen molar-refractivity contribution in [2.75, 3.05) is 7.05 Å². The lowest BCUT2D eigenvalue weighted by Gasteiger charge is -2.24. The molecule has 6 heteroatoms. The molecule has 0 aliphatic rings. The third kappa shape index (κ3) is 3.94. The number of hydrogen-bond donors (Lipinski definition) is 0. The van der Waals surface area contributed by atoms with Gasteiger partial charge in [0.1, 0.15) is 4.21 Å². The second-order valence-corrected chi connectivity index (χ2v) is 8.93. The van der Waals surface area contributed by atoms with Crippen molar-refractivity contribution in [3.8, 4) is 0 Å². The Morgan fingerprint density at radius 2 is 1.95 bits per heavy atom. The molecule has 0 amide bonds. The fraction of sp³-hybridized carbons (Fsp3) is 0.692. The quantitative estimate of drug-likeness (QED) is 0.746. The zero-order valence-electron chi connectivity index (χ0n) is 12.1. The van der Waals surface area contributed by atoms with E-state index in [-0.39, 0.29) is 6.04 Å². The molecular weight excluding hydrogens is 302 g/mol. The van der Waals surface area contributed by atoms with E-state index in [1.165, 1.54) is 15.6 Å². The number of sulfonamides is 1. The lowest BCUT2D eigenvalue weighted by molar-refractivity contribution is 0.338. The second kappa shape index (κ2) is 6.57. The van der Waals surface area contributed by atoms with Gasteiger partial charge in [-0.3, -0.25) is 0 Å². The van der Waals surface area contributed by atoms with Gasteiger partial charge >= 0.3 is 0 Å². The molecule has 1 aromatic rings. The summed E-state index contributed by atoms with van der Waals surface area (Å²) >= 11 is 7.08. The Hall–Kier alpha value is -0.100. The lowest BCUT2D eigenvalue weighted by Crippen LogP contribution is -2.35. The van der Waals surface area contributed by atoms with Gasteiger partial charge in [-0.25, -0.2) is 8.42 Å². The molecule has 0 bridgehead atoms. The largest absolute Gasteiger partial charge is 0.252 e. The van der Waals surface area contributed by atoms with Crippen LogP contribution >= 0.6 is 22.9 Å². The molecular formula is C13H22ClNO2S2. The van der Waals surface area contributed by atoms with Crippen molar-refractivity contribution in [3.05, 3.63) is 16.5 Å². The maximum Gasteiger partial charge on any atom is 0.252 e. The number of rotatable bonds is 6. The van der Waals surface area contributed by atoms with Crippen LogP contribution in [0.3, 0.4) is 0 Å². The van der Waals surface area contributed by atoms with Crippen LogP contribution in [0.2, 0.25) is 0 Å². The second-order valence-electron chi connectivity index (χ2n) is 5.31. The van der Waals surface area contributed by atoms with Crippen molar-refractivity contribution in [1.29, 1.82) is 0 Å². The van der Waals surface area contributed by atoms with Gasteiger partial charge in [0.25, 0.3) is 10.0 Å². The van der Waals surface area contributed by atoms with Gasteiger partial charge in [-0.1, -0.05) is 13.8 Å². The number of nitrogens with zero attached hydrogens (tertiary/aromatic N) is 1. The minimum Gasteiger partial charge on any atom is -0.206 e. The monoisotopic (exact) mass is 323 g/mol. The summed E-state index contributed by atoms with van der Waals surface area (Å²) in [7, 11) is -1.75. The molecule has 0 aromatic carbocycles. The van der Waals surface area contributed by atoms with Crippen LogP contribution in [-0.4, -0.2) is 25.8 Å². The van der Waals surface area contributed by atoms with E-state index >= 15 is 0 Å².